The smallest absolute Gasteiger partial charge is 0.0567 e. The molecule has 2 unspecified atom stereocenters. The molecule has 19 heavy (non-hydrogen) atoms. The normalized spacial score (nSPS) is 14.8. The van der Waals surface area contributed by atoms with Crippen LogP contribution in [0.1, 0.15) is 33.6 Å². The van der Waals surface area contributed by atoms with Crippen LogP contribution in [0.15, 0.2) is 28.1 Å². The zero-order valence-electron chi connectivity index (χ0n) is 11.4. The van der Waals surface area contributed by atoms with Gasteiger partial charge in [0, 0.05) is 31.7 Å². The first-order valence-electron chi connectivity index (χ1n) is 6.25. The topological polar surface area (TPSA) is 29.3 Å². The predicted octanol–water partition coefficient (Wildman–Crippen LogP) is 4.57. The maximum absolute atomic E-state index is 6.01. The number of likely N-dealkylation sites (N-methyl/N-ethyl adjacent to an activating group) is 1. The Labute approximate surface area is 131 Å². The van der Waals surface area contributed by atoms with Crippen LogP contribution < -0.4 is 5.73 Å². The molecule has 2 heterocycles. The van der Waals surface area contributed by atoms with Gasteiger partial charge in [-0.25, -0.2) is 0 Å². The molecule has 0 amide bonds. The van der Waals surface area contributed by atoms with E-state index in [1.165, 1.54) is 19.1 Å². The van der Waals surface area contributed by atoms with Crippen molar-refractivity contribution in [1.82, 2.24) is 4.90 Å². The molecule has 0 aromatic carbocycles. The van der Waals surface area contributed by atoms with Crippen molar-refractivity contribution in [1.29, 1.82) is 0 Å². The van der Waals surface area contributed by atoms with Gasteiger partial charge in [-0.2, -0.15) is 0 Å². The Morgan fingerprint density at radius 3 is 2.63 bits per heavy atom. The van der Waals surface area contributed by atoms with Gasteiger partial charge in [0.05, 0.1) is 6.04 Å². The van der Waals surface area contributed by atoms with E-state index in [9.17, 15) is 0 Å². The number of hydrogen-bond donors (Lipinski definition) is 1. The molecule has 5 heteroatoms. The molecule has 0 saturated heterocycles. The maximum Gasteiger partial charge on any atom is 0.0567 e. The molecule has 0 spiro atoms. The molecule has 2 aromatic heterocycles. The van der Waals surface area contributed by atoms with Gasteiger partial charge in [0.15, 0.2) is 0 Å². The highest BCUT2D eigenvalue weighted by Gasteiger charge is 2.23. The second kappa shape index (κ2) is 6.50. The van der Waals surface area contributed by atoms with E-state index in [0.29, 0.717) is 12.6 Å². The van der Waals surface area contributed by atoms with Crippen molar-refractivity contribution in [3.05, 3.63) is 42.7 Å². The van der Waals surface area contributed by atoms with Crippen molar-refractivity contribution >= 4 is 38.6 Å². The quantitative estimate of drug-likeness (QED) is 0.847. The molecule has 0 saturated carbocycles. The highest BCUT2D eigenvalue weighted by Crippen LogP contribution is 2.36. The summed E-state index contributed by atoms with van der Waals surface area (Å²) in [5.41, 5.74) is 6.01. The summed E-state index contributed by atoms with van der Waals surface area (Å²) < 4.78 is 1.18. The summed E-state index contributed by atoms with van der Waals surface area (Å²) in [5, 5.41) is 2.13. The predicted molar refractivity (Wildman–Crippen MR) is 89.0 cm³/mol. The van der Waals surface area contributed by atoms with Gasteiger partial charge in [0.25, 0.3) is 0 Å². The van der Waals surface area contributed by atoms with E-state index < -0.39 is 0 Å². The second-order valence-corrected chi connectivity index (χ2v) is 7.78. The molecular weight excluding hydrogens is 340 g/mol. The standard InChI is InChI=1S/C14H19BrN2S2/c1-9(13-5-4-6-18-13)17(3)12(8-16)14-7-11(15)10(2)19-14/h4-7,9,12H,8,16H2,1-3H3. The lowest BCUT2D eigenvalue weighted by Crippen LogP contribution is -2.31. The highest BCUT2D eigenvalue weighted by atomic mass is 79.9. The van der Waals surface area contributed by atoms with Crippen LogP contribution in [0.4, 0.5) is 0 Å². The van der Waals surface area contributed by atoms with Crippen LogP contribution in [-0.2, 0) is 0 Å². The number of hydrogen-bond acceptors (Lipinski definition) is 4. The van der Waals surface area contributed by atoms with E-state index in [2.05, 4.69) is 65.3 Å². The summed E-state index contributed by atoms with van der Waals surface area (Å²) in [6, 6.07) is 7.15. The largest absolute Gasteiger partial charge is 0.329 e. The van der Waals surface area contributed by atoms with Gasteiger partial charge < -0.3 is 5.73 Å². The summed E-state index contributed by atoms with van der Waals surface area (Å²) >= 11 is 7.22. The molecule has 0 aliphatic carbocycles. The molecule has 2 N–H and O–H groups in total. The van der Waals surface area contributed by atoms with Gasteiger partial charge in [-0.05, 0) is 54.3 Å². The Morgan fingerprint density at radius 2 is 2.16 bits per heavy atom. The average Bonchev–Trinajstić information content (AvgIpc) is 3.01. The zero-order chi connectivity index (χ0) is 14.0. The lowest BCUT2D eigenvalue weighted by molar-refractivity contribution is 0.195. The SMILES string of the molecule is Cc1sc(C(CN)N(C)C(C)c2cccs2)cc1Br. The van der Waals surface area contributed by atoms with Crippen LogP contribution in [0.3, 0.4) is 0 Å². The Morgan fingerprint density at radius 1 is 1.42 bits per heavy atom. The Balaban J connectivity index is 2.21. The lowest BCUT2D eigenvalue weighted by atomic mass is 10.1. The van der Waals surface area contributed by atoms with Gasteiger partial charge in [-0.1, -0.05) is 6.07 Å². The van der Waals surface area contributed by atoms with E-state index in [1.807, 2.05) is 11.3 Å². The monoisotopic (exact) mass is 358 g/mol. The molecule has 0 bridgehead atoms. The Bertz CT molecular complexity index is 502. The van der Waals surface area contributed by atoms with Gasteiger partial charge in [-0.15, -0.1) is 22.7 Å². The Hall–Kier alpha value is -0.200. The van der Waals surface area contributed by atoms with Crippen molar-refractivity contribution in [3.63, 3.8) is 0 Å². The van der Waals surface area contributed by atoms with Crippen LogP contribution >= 0.6 is 38.6 Å². The maximum atomic E-state index is 6.01. The number of halogens is 1. The number of nitrogens with zero attached hydrogens (tertiary/aromatic N) is 1. The van der Waals surface area contributed by atoms with Crippen LogP contribution in [-0.4, -0.2) is 18.5 Å². The van der Waals surface area contributed by atoms with Gasteiger partial charge >= 0.3 is 0 Å². The minimum Gasteiger partial charge on any atom is -0.329 e. The first-order valence-corrected chi connectivity index (χ1v) is 8.74. The molecule has 2 atom stereocenters. The molecule has 104 valence electrons. The molecular formula is C14H19BrN2S2. The Kier molecular flexibility index (Phi) is 5.20. The third-order valence-corrected chi connectivity index (χ3v) is 6.77. The van der Waals surface area contributed by atoms with Crippen LogP contribution in [0.5, 0.6) is 0 Å². The van der Waals surface area contributed by atoms with Crippen LogP contribution in [0, 0.1) is 6.92 Å². The first-order chi connectivity index (χ1) is 9.04. The third kappa shape index (κ3) is 3.28. The second-order valence-electron chi connectivity index (χ2n) is 4.66. The summed E-state index contributed by atoms with van der Waals surface area (Å²) in [7, 11) is 2.16. The van der Waals surface area contributed by atoms with Gasteiger partial charge in [-0.3, -0.25) is 4.90 Å². The average molecular weight is 359 g/mol. The molecule has 2 nitrogen and oxygen atoms in total. The summed E-state index contributed by atoms with van der Waals surface area (Å²) in [4.78, 5) is 6.39. The van der Waals surface area contributed by atoms with Crippen molar-refractivity contribution in [2.75, 3.05) is 13.6 Å². The summed E-state index contributed by atoms with van der Waals surface area (Å²) in [5.74, 6) is 0. The molecule has 0 aliphatic heterocycles. The van der Waals surface area contributed by atoms with Crippen molar-refractivity contribution in [2.24, 2.45) is 5.73 Å². The van der Waals surface area contributed by atoms with Crippen molar-refractivity contribution < 1.29 is 0 Å². The molecule has 2 aromatic rings. The van der Waals surface area contributed by atoms with E-state index in [4.69, 9.17) is 5.73 Å². The molecule has 2 rings (SSSR count). The van der Waals surface area contributed by atoms with Gasteiger partial charge in [0.1, 0.15) is 0 Å². The summed E-state index contributed by atoms with van der Waals surface area (Å²) in [6.45, 7) is 5.01. The number of aryl methyl sites for hydroxylation is 1. The fourth-order valence-corrected chi connectivity index (χ4v) is 4.69. The van der Waals surface area contributed by atoms with Crippen molar-refractivity contribution in [3.8, 4) is 0 Å². The zero-order valence-corrected chi connectivity index (χ0v) is 14.6. The number of rotatable bonds is 5. The summed E-state index contributed by atoms with van der Waals surface area (Å²) in [6.07, 6.45) is 0. The third-order valence-electron chi connectivity index (χ3n) is 3.49. The van der Waals surface area contributed by atoms with Crippen molar-refractivity contribution in [2.45, 2.75) is 25.9 Å². The van der Waals surface area contributed by atoms with Gasteiger partial charge in [0.2, 0.25) is 0 Å². The molecule has 0 fully saturated rings. The number of thiophene rings is 2. The number of nitrogens with two attached hydrogens (primary N) is 1. The van der Waals surface area contributed by atoms with E-state index >= 15 is 0 Å². The minimum absolute atomic E-state index is 0.270. The highest BCUT2D eigenvalue weighted by molar-refractivity contribution is 9.10. The lowest BCUT2D eigenvalue weighted by Gasteiger charge is -2.31. The van der Waals surface area contributed by atoms with Crippen LogP contribution in [0.25, 0.3) is 0 Å². The van der Waals surface area contributed by atoms with E-state index in [-0.39, 0.29) is 6.04 Å². The van der Waals surface area contributed by atoms with Crippen LogP contribution in [0.2, 0.25) is 0 Å². The van der Waals surface area contributed by atoms with E-state index in [0.717, 1.165) is 0 Å². The molecule has 0 radical (unpaired) electrons. The molecule has 0 aliphatic rings. The fraction of sp³-hybridized carbons (Fsp3) is 0.429. The minimum atomic E-state index is 0.270. The first kappa shape index (κ1) is 15.2. The fourth-order valence-electron chi connectivity index (χ4n) is 2.13. The van der Waals surface area contributed by atoms with E-state index in [1.54, 1.807) is 11.3 Å².